The van der Waals surface area contributed by atoms with Crippen LogP contribution in [0.4, 0.5) is 0 Å². The van der Waals surface area contributed by atoms with Gasteiger partial charge in [0.1, 0.15) is 12.2 Å². The fourth-order valence-electron chi connectivity index (χ4n) is 11.6. The Kier molecular flexibility index (Phi) is 5.78. The van der Waals surface area contributed by atoms with Gasteiger partial charge in [-0.25, -0.2) is 0 Å². The molecule has 0 amide bonds. The molecule has 6 nitrogen and oxygen atoms in total. The summed E-state index contributed by atoms with van der Waals surface area (Å²) in [4.78, 5) is 40.6. The number of hydrogen-bond donors (Lipinski definition) is 0. The fraction of sp³-hybridized carbons (Fsp3) is 0.848. The number of ether oxygens (including phenoxy) is 3. The van der Waals surface area contributed by atoms with Crippen LogP contribution in [0.15, 0.2) is 11.6 Å². The minimum absolute atomic E-state index is 0.00270. The Morgan fingerprint density at radius 1 is 1.00 bits per heavy atom. The Morgan fingerprint density at radius 2 is 1.69 bits per heavy atom. The van der Waals surface area contributed by atoms with Gasteiger partial charge in [-0.1, -0.05) is 54.0 Å². The molecule has 12 atom stereocenters. The third kappa shape index (κ3) is 3.16. The van der Waals surface area contributed by atoms with Crippen molar-refractivity contribution in [2.24, 2.45) is 56.7 Å². The largest absolute Gasteiger partial charge is 0.469 e. The number of ketones is 1. The van der Waals surface area contributed by atoms with Crippen molar-refractivity contribution in [3.8, 4) is 0 Å². The van der Waals surface area contributed by atoms with E-state index in [1.807, 2.05) is 6.08 Å². The predicted molar refractivity (Wildman–Crippen MR) is 146 cm³/mol. The van der Waals surface area contributed by atoms with Gasteiger partial charge in [-0.3, -0.25) is 14.4 Å². The first-order valence-electron chi connectivity index (χ1n) is 15.3. The smallest absolute Gasteiger partial charge is 0.312 e. The first-order chi connectivity index (χ1) is 18.1. The molecule has 5 unspecified atom stereocenters. The standard InChI is InChI=1S/C33H48O6/c1-17-10-13-33(28(36)37-9)15-14-30(6)20(23(33)18(17)2)16-21(35)25-31(30,7)12-11-22-29(4,5)26-24(39-26)27(32(22,25)8)38-19(3)34/h16-18,22-27H,10-15H2,1-9H3/t17-,18+,22?,23?,24?,25?,26?,27+,30-,31-,32+,33+/m1/s1. The maximum Gasteiger partial charge on any atom is 0.312 e. The highest BCUT2D eigenvalue weighted by atomic mass is 16.6. The van der Waals surface area contributed by atoms with Crippen molar-refractivity contribution in [1.29, 1.82) is 0 Å². The molecule has 0 N–H and O–H groups in total. The molecule has 216 valence electrons. The van der Waals surface area contributed by atoms with Crippen LogP contribution in [0.1, 0.15) is 93.9 Å². The second-order valence-corrected chi connectivity index (χ2v) is 15.5. The maximum atomic E-state index is 14.7. The molecule has 4 saturated carbocycles. The number of esters is 2. The number of rotatable bonds is 2. The number of hydrogen-bond acceptors (Lipinski definition) is 6. The molecule has 0 aromatic heterocycles. The SMILES string of the molecule is COC(=O)[C@]12CC[C@@H](C)[C@H](C)C1C1=CC(=O)C3[C@]4(C)C(CC[C@@]3(C)[C@]1(C)CC2)C(C)(C)C1OC1[C@@H]4OC(C)=O. The van der Waals surface area contributed by atoms with E-state index in [-0.39, 0.29) is 69.8 Å². The molecular weight excluding hydrogens is 492 g/mol. The monoisotopic (exact) mass is 540 g/mol. The summed E-state index contributed by atoms with van der Waals surface area (Å²) < 4.78 is 17.8. The Morgan fingerprint density at radius 3 is 2.33 bits per heavy atom. The molecule has 0 spiro atoms. The van der Waals surface area contributed by atoms with Crippen LogP contribution in [0.25, 0.3) is 0 Å². The number of allylic oxidation sites excluding steroid dienone is 2. The quantitative estimate of drug-likeness (QED) is 0.320. The van der Waals surface area contributed by atoms with Crippen molar-refractivity contribution >= 4 is 17.7 Å². The van der Waals surface area contributed by atoms with Crippen molar-refractivity contribution < 1.29 is 28.6 Å². The second kappa shape index (κ2) is 8.20. The molecular formula is C33H48O6. The van der Waals surface area contributed by atoms with Gasteiger partial charge in [-0.15, -0.1) is 0 Å². The van der Waals surface area contributed by atoms with E-state index in [9.17, 15) is 14.4 Å². The molecule has 0 bridgehead atoms. The Balaban J connectivity index is 1.53. The zero-order valence-corrected chi connectivity index (χ0v) is 25.4. The topological polar surface area (TPSA) is 82.2 Å². The third-order valence-electron chi connectivity index (χ3n) is 13.9. The lowest BCUT2D eigenvalue weighted by Crippen LogP contribution is -2.70. The molecule has 5 aliphatic carbocycles. The highest BCUT2D eigenvalue weighted by molar-refractivity contribution is 5.96. The van der Waals surface area contributed by atoms with E-state index in [4.69, 9.17) is 14.2 Å². The van der Waals surface area contributed by atoms with E-state index < -0.39 is 16.9 Å². The third-order valence-corrected chi connectivity index (χ3v) is 13.9. The van der Waals surface area contributed by atoms with Gasteiger partial charge in [0, 0.05) is 18.3 Å². The zero-order chi connectivity index (χ0) is 28.5. The van der Waals surface area contributed by atoms with Gasteiger partial charge in [0.25, 0.3) is 0 Å². The molecule has 1 aliphatic heterocycles. The number of methoxy groups -OCH3 is 1. The summed E-state index contributed by atoms with van der Waals surface area (Å²) in [5.41, 5.74) is -0.577. The van der Waals surface area contributed by atoms with Crippen LogP contribution < -0.4 is 0 Å². The van der Waals surface area contributed by atoms with Crippen molar-refractivity contribution in [1.82, 2.24) is 0 Å². The highest BCUT2D eigenvalue weighted by Gasteiger charge is 2.78. The maximum absolute atomic E-state index is 14.7. The lowest BCUT2D eigenvalue weighted by molar-refractivity contribution is -0.220. The van der Waals surface area contributed by atoms with Crippen LogP contribution in [0.5, 0.6) is 0 Å². The van der Waals surface area contributed by atoms with E-state index in [1.54, 1.807) is 0 Å². The molecule has 5 fully saturated rings. The molecule has 1 saturated heterocycles. The molecule has 1 heterocycles. The predicted octanol–water partition coefficient (Wildman–Crippen LogP) is 5.91. The van der Waals surface area contributed by atoms with Crippen LogP contribution in [-0.4, -0.2) is 43.1 Å². The van der Waals surface area contributed by atoms with Gasteiger partial charge >= 0.3 is 11.9 Å². The summed E-state index contributed by atoms with van der Waals surface area (Å²) in [6.45, 7) is 17.5. The molecule has 39 heavy (non-hydrogen) atoms. The molecule has 6 rings (SSSR count). The van der Waals surface area contributed by atoms with E-state index in [0.29, 0.717) is 5.92 Å². The van der Waals surface area contributed by atoms with Crippen molar-refractivity contribution in [2.45, 2.75) is 112 Å². The molecule has 0 aromatic carbocycles. The van der Waals surface area contributed by atoms with Crippen molar-refractivity contribution in [3.05, 3.63) is 11.6 Å². The average molecular weight is 541 g/mol. The van der Waals surface area contributed by atoms with Crippen LogP contribution in [0.3, 0.4) is 0 Å². The van der Waals surface area contributed by atoms with Gasteiger partial charge in [0.2, 0.25) is 0 Å². The molecule has 6 aliphatic rings. The zero-order valence-electron chi connectivity index (χ0n) is 25.4. The summed E-state index contributed by atoms with van der Waals surface area (Å²) in [6.07, 6.45) is 6.82. The highest BCUT2D eigenvalue weighted by Crippen LogP contribution is 2.76. The van der Waals surface area contributed by atoms with E-state index in [0.717, 1.165) is 38.5 Å². The fourth-order valence-corrected chi connectivity index (χ4v) is 11.6. The summed E-state index contributed by atoms with van der Waals surface area (Å²) in [5.74, 6) is 0.410. The summed E-state index contributed by atoms with van der Waals surface area (Å²) in [5, 5.41) is 0. The minimum Gasteiger partial charge on any atom is -0.469 e. The van der Waals surface area contributed by atoms with Crippen LogP contribution >= 0.6 is 0 Å². The van der Waals surface area contributed by atoms with Crippen molar-refractivity contribution in [2.75, 3.05) is 7.11 Å². The van der Waals surface area contributed by atoms with Crippen LogP contribution in [-0.2, 0) is 28.6 Å². The van der Waals surface area contributed by atoms with Gasteiger partial charge in [0.15, 0.2) is 5.78 Å². The number of fused-ring (bicyclic) bond motifs is 8. The van der Waals surface area contributed by atoms with E-state index >= 15 is 0 Å². The molecule has 6 heteroatoms. The molecule has 0 radical (unpaired) electrons. The van der Waals surface area contributed by atoms with Gasteiger partial charge < -0.3 is 14.2 Å². The lowest BCUT2D eigenvalue weighted by Gasteiger charge is -2.70. The van der Waals surface area contributed by atoms with Gasteiger partial charge in [-0.2, -0.15) is 0 Å². The second-order valence-electron chi connectivity index (χ2n) is 15.5. The first kappa shape index (κ1) is 27.5. The van der Waals surface area contributed by atoms with E-state index in [2.05, 4.69) is 48.5 Å². The van der Waals surface area contributed by atoms with Gasteiger partial charge in [-0.05, 0) is 84.5 Å². The normalized spacial score (nSPS) is 53.1. The van der Waals surface area contributed by atoms with Crippen molar-refractivity contribution in [3.63, 3.8) is 0 Å². The lowest BCUT2D eigenvalue weighted by atomic mass is 9.33. The van der Waals surface area contributed by atoms with Crippen LogP contribution in [0.2, 0.25) is 0 Å². The molecule has 0 aromatic rings. The Hall–Kier alpha value is -1.69. The number of carbonyl (C=O) groups is 3. The van der Waals surface area contributed by atoms with Gasteiger partial charge in [0.05, 0.1) is 18.6 Å². The average Bonchev–Trinajstić information content (AvgIpc) is 3.66. The Bertz CT molecular complexity index is 1150. The minimum atomic E-state index is -0.557. The van der Waals surface area contributed by atoms with Crippen LogP contribution in [0, 0.1) is 56.7 Å². The summed E-state index contributed by atoms with van der Waals surface area (Å²) in [6, 6.07) is 0. The number of epoxide rings is 1. The van der Waals surface area contributed by atoms with E-state index in [1.165, 1.54) is 19.6 Å². The summed E-state index contributed by atoms with van der Waals surface area (Å²) in [7, 11) is 1.51. The summed E-state index contributed by atoms with van der Waals surface area (Å²) >= 11 is 0. The Labute approximate surface area is 234 Å². The first-order valence-corrected chi connectivity index (χ1v) is 15.3. The number of carbonyl (C=O) groups excluding carboxylic acids is 3.